The first-order valence-corrected chi connectivity index (χ1v) is 13.0. The minimum atomic E-state index is -0.360. The summed E-state index contributed by atoms with van der Waals surface area (Å²) in [6.07, 6.45) is 22.8. The lowest BCUT2D eigenvalue weighted by atomic mass is 9.75. The van der Waals surface area contributed by atoms with Gasteiger partial charge in [-0.25, -0.2) is 8.78 Å². The molecule has 0 aromatic heterocycles. The van der Waals surface area contributed by atoms with Gasteiger partial charge in [-0.3, -0.25) is 0 Å². The van der Waals surface area contributed by atoms with E-state index in [2.05, 4.69) is 32.1 Å². The summed E-state index contributed by atoms with van der Waals surface area (Å²) < 4.78 is 29.4. The predicted octanol–water partition coefficient (Wildman–Crippen LogP) is 9.44. The maximum absolute atomic E-state index is 14.7. The highest BCUT2D eigenvalue weighted by Gasteiger charge is 2.24. The molecule has 1 unspecified atom stereocenters. The van der Waals surface area contributed by atoms with Gasteiger partial charge in [0.25, 0.3) is 0 Å². The van der Waals surface area contributed by atoms with Crippen LogP contribution >= 0.6 is 0 Å². The monoisotopic (exact) mass is 428 g/mol. The fourth-order valence-corrected chi connectivity index (χ4v) is 5.54. The van der Waals surface area contributed by atoms with E-state index < -0.39 is 0 Å². The Morgan fingerprint density at radius 2 is 1.52 bits per heavy atom. The molecule has 0 amide bonds. The normalized spacial score (nSPS) is 23.7. The van der Waals surface area contributed by atoms with Crippen LogP contribution < -0.4 is 0 Å². The van der Waals surface area contributed by atoms with Crippen molar-refractivity contribution < 1.29 is 8.78 Å². The summed E-state index contributed by atoms with van der Waals surface area (Å²) in [5.74, 6) is 0.968. The van der Waals surface area contributed by atoms with Gasteiger partial charge in [0.2, 0.25) is 0 Å². The Kier molecular flexibility index (Phi) is 9.81. The zero-order valence-corrected chi connectivity index (χ0v) is 19.8. The fraction of sp³-hybridized carbons (Fsp3) is 0.655. The summed E-state index contributed by atoms with van der Waals surface area (Å²) >= 11 is 0. The van der Waals surface area contributed by atoms with Crippen molar-refractivity contribution in [2.75, 3.05) is 0 Å². The Labute approximate surface area is 189 Å². The lowest BCUT2D eigenvalue weighted by Gasteiger charge is -2.30. The lowest BCUT2D eigenvalue weighted by molar-refractivity contribution is 0.288. The van der Waals surface area contributed by atoms with Gasteiger partial charge in [-0.2, -0.15) is 0 Å². The Morgan fingerprint density at radius 3 is 2.13 bits per heavy atom. The van der Waals surface area contributed by atoms with Crippen LogP contribution in [0.4, 0.5) is 8.78 Å². The lowest BCUT2D eigenvalue weighted by Crippen LogP contribution is -2.16. The molecule has 0 bridgehead atoms. The maximum Gasteiger partial charge on any atom is 0.129 e. The molecule has 2 aliphatic rings. The van der Waals surface area contributed by atoms with Crippen molar-refractivity contribution in [3.63, 3.8) is 0 Å². The molecule has 3 rings (SSSR count). The quantitative estimate of drug-likeness (QED) is 0.308. The van der Waals surface area contributed by atoms with E-state index in [0.717, 1.165) is 37.2 Å². The van der Waals surface area contributed by atoms with E-state index in [9.17, 15) is 8.78 Å². The van der Waals surface area contributed by atoms with E-state index >= 15 is 0 Å². The van der Waals surface area contributed by atoms with Crippen LogP contribution in [0.15, 0.2) is 35.9 Å². The molecular formula is C29H42F2. The zero-order valence-electron chi connectivity index (χ0n) is 19.8. The molecule has 2 aliphatic carbocycles. The molecule has 0 nitrogen and oxygen atoms in total. The van der Waals surface area contributed by atoms with Gasteiger partial charge in [0, 0.05) is 11.5 Å². The summed E-state index contributed by atoms with van der Waals surface area (Å²) in [6.45, 7) is 4.48. The first kappa shape index (κ1) is 24.2. The molecule has 1 aromatic carbocycles. The van der Waals surface area contributed by atoms with Gasteiger partial charge in [0.15, 0.2) is 0 Å². The van der Waals surface area contributed by atoms with E-state index in [-0.39, 0.29) is 23.1 Å². The molecule has 0 spiro atoms. The number of halogens is 2. The van der Waals surface area contributed by atoms with Crippen LogP contribution in [0.3, 0.4) is 0 Å². The molecule has 0 radical (unpaired) electrons. The van der Waals surface area contributed by atoms with Crippen molar-refractivity contribution >= 4 is 0 Å². The molecule has 0 aliphatic heterocycles. The van der Waals surface area contributed by atoms with Gasteiger partial charge in [0.1, 0.15) is 11.6 Å². The van der Waals surface area contributed by atoms with Gasteiger partial charge in [-0.1, -0.05) is 77.0 Å². The molecule has 2 heteroatoms. The highest BCUT2D eigenvalue weighted by atomic mass is 19.1. The van der Waals surface area contributed by atoms with Crippen LogP contribution in [0.5, 0.6) is 0 Å². The van der Waals surface area contributed by atoms with Crippen molar-refractivity contribution in [2.24, 2.45) is 11.8 Å². The largest absolute Gasteiger partial charge is 0.207 e. The Hall–Kier alpha value is -1.44. The Balaban J connectivity index is 1.52. The van der Waals surface area contributed by atoms with E-state index in [1.165, 1.54) is 63.4 Å². The van der Waals surface area contributed by atoms with E-state index in [0.29, 0.717) is 12.3 Å². The first-order chi connectivity index (χ1) is 15.1. The van der Waals surface area contributed by atoms with Crippen molar-refractivity contribution in [2.45, 2.75) is 110 Å². The van der Waals surface area contributed by atoms with Crippen LogP contribution in [0.2, 0.25) is 0 Å². The number of hydrogen-bond acceptors (Lipinski definition) is 0. The van der Waals surface area contributed by atoms with Gasteiger partial charge < -0.3 is 0 Å². The second-order valence-electron chi connectivity index (χ2n) is 9.89. The molecule has 1 saturated carbocycles. The van der Waals surface area contributed by atoms with Crippen LogP contribution in [0.1, 0.15) is 114 Å². The molecule has 1 atom stereocenters. The van der Waals surface area contributed by atoms with Crippen LogP contribution in [0.25, 0.3) is 0 Å². The molecule has 0 heterocycles. The van der Waals surface area contributed by atoms with Gasteiger partial charge in [-0.15, -0.1) is 0 Å². The van der Waals surface area contributed by atoms with Crippen LogP contribution in [0, 0.1) is 23.5 Å². The maximum atomic E-state index is 14.7. The molecule has 0 saturated heterocycles. The highest BCUT2D eigenvalue weighted by molar-refractivity contribution is 5.36. The molecule has 172 valence electrons. The molecular weight excluding hydrogens is 386 g/mol. The summed E-state index contributed by atoms with van der Waals surface area (Å²) in [4.78, 5) is 0. The summed E-state index contributed by atoms with van der Waals surface area (Å²) in [5.41, 5.74) is 2.51. The SMILES string of the molecule is CCCCCCCCc1c(F)cc(C2C=CC(C3CCC(CCC)CC3)=CC2)cc1F. The minimum Gasteiger partial charge on any atom is -0.207 e. The highest BCUT2D eigenvalue weighted by Crippen LogP contribution is 2.39. The van der Waals surface area contributed by atoms with E-state index in [1.54, 1.807) is 12.1 Å². The second-order valence-corrected chi connectivity index (χ2v) is 9.89. The molecule has 1 fully saturated rings. The number of rotatable bonds is 11. The van der Waals surface area contributed by atoms with E-state index in [1.807, 2.05) is 0 Å². The van der Waals surface area contributed by atoms with Gasteiger partial charge in [0.05, 0.1) is 0 Å². The standard InChI is InChI=1S/C29H42F2/c1-3-5-6-7-8-9-11-27-28(30)20-26(21-29(27)31)25-18-16-24(17-19-25)23-14-12-22(10-4-2)13-15-23/h16-18,20-23,25H,3-15,19H2,1-2H3. The van der Waals surface area contributed by atoms with Gasteiger partial charge in [-0.05, 0) is 80.1 Å². The van der Waals surface area contributed by atoms with Crippen LogP contribution in [-0.4, -0.2) is 0 Å². The minimum absolute atomic E-state index is 0.0901. The van der Waals surface area contributed by atoms with Crippen LogP contribution in [-0.2, 0) is 6.42 Å². The molecule has 31 heavy (non-hydrogen) atoms. The molecule has 0 N–H and O–H groups in total. The summed E-state index contributed by atoms with van der Waals surface area (Å²) in [7, 11) is 0. The summed E-state index contributed by atoms with van der Waals surface area (Å²) in [6, 6.07) is 3.17. The third kappa shape index (κ3) is 7.02. The number of unbranched alkanes of at least 4 members (excludes halogenated alkanes) is 5. The van der Waals surface area contributed by atoms with Crippen molar-refractivity contribution in [3.05, 3.63) is 58.7 Å². The third-order valence-electron chi connectivity index (χ3n) is 7.52. The van der Waals surface area contributed by atoms with Gasteiger partial charge >= 0.3 is 0 Å². The van der Waals surface area contributed by atoms with Crippen molar-refractivity contribution in [1.82, 2.24) is 0 Å². The Bertz CT molecular complexity index is 714. The Morgan fingerprint density at radius 1 is 0.839 bits per heavy atom. The fourth-order valence-electron chi connectivity index (χ4n) is 5.54. The van der Waals surface area contributed by atoms with E-state index in [4.69, 9.17) is 0 Å². The smallest absolute Gasteiger partial charge is 0.129 e. The zero-order chi connectivity index (χ0) is 22.1. The van der Waals surface area contributed by atoms with Crippen molar-refractivity contribution in [3.8, 4) is 0 Å². The number of benzene rings is 1. The topological polar surface area (TPSA) is 0 Å². The molecule has 1 aromatic rings. The van der Waals surface area contributed by atoms with Crippen molar-refractivity contribution in [1.29, 1.82) is 0 Å². The summed E-state index contributed by atoms with van der Waals surface area (Å²) in [5, 5.41) is 0. The average Bonchev–Trinajstić information content (AvgIpc) is 2.78. The number of hydrogen-bond donors (Lipinski definition) is 0. The predicted molar refractivity (Wildman–Crippen MR) is 128 cm³/mol. The number of allylic oxidation sites excluding steroid dienone is 4. The first-order valence-electron chi connectivity index (χ1n) is 13.0. The average molecular weight is 429 g/mol. The third-order valence-corrected chi connectivity index (χ3v) is 7.52. The second kappa shape index (κ2) is 12.6.